The first-order valence-corrected chi connectivity index (χ1v) is 13.0. The lowest BCUT2D eigenvalue weighted by molar-refractivity contribution is -0.144. The lowest BCUT2D eigenvalue weighted by atomic mass is 10.00. The normalized spacial score (nSPS) is 19.6. The predicted molar refractivity (Wildman–Crippen MR) is 140 cm³/mol. The van der Waals surface area contributed by atoms with E-state index < -0.39 is 30.2 Å². The highest BCUT2D eigenvalue weighted by Gasteiger charge is 2.35. The van der Waals surface area contributed by atoms with Crippen molar-refractivity contribution in [2.75, 3.05) is 39.5 Å². The zero-order chi connectivity index (χ0) is 27.8. The summed E-state index contributed by atoms with van der Waals surface area (Å²) < 4.78 is 56.9. The quantitative estimate of drug-likeness (QED) is 0.440. The maximum Gasteiger partial charge on any atom is 0.421 e. The van der Waals surface area contributed by atoms with E-state index in [9.17, 15) is 18.0 Å². The van der Waals surface area contributed by atoms with Crippen LogP contribution in [0.3, 0.4) is 0 Å². The Labute approximate surface area is 228 Å². The van der Waals surface area contributed by atoms with E-state index in [1.807, 2.05) is 25.1 Å². The fourth-order valence-electron chi connectivity index (χ4n) is 3.93. The van der Waals surface area contributed by atoms with Crippen LogP contribution in [0, 0.1) is 17.8 Å². The molecule has 1 N–H and O–H groups in total. The minimum atomic E-state index is -4.62. The van der Waals surface area contributed by atoms with Crippen molar-refractivity contribution in [3.63, 3.8) is 0 Å². The molecule has 0 radical (unpaired) electrons. The molecular weight excluding hydrogens is 533 g/mol. The number of pyridine rings is 1. The zero-order valence-corrected chi connectivity index (χ0v) is 21.9. The predicted octanol–water partition coefficient (Wildman–Crippen LogP) is 5.23. The number of carbonyl (C=O) groups is 1. The molecule has 1 aromatic heterocycles. The van der Waals surface area contributed by atoms with Gasteiger partial charge in [0, 0.05) is 40.6 Å². The number of ether oxygens (including phenoxy) is 3. The first kappa shape index (κ1) is 28.7. The monoisotopic (exact) mass is 560 g/mol. The van der Waals surface area contributed by atoms with Crippen LogP contribution in [0.2, 0.25) is 0 Å². The molecular formula is C28H27F3N2O5S. The van der Waals surface area contributed by atoms with Gasteiger partial charge in [0.05, 0.1) is 25.9 Å². The van der Waals surface area contributed by atoms with Gasteiger partial charge >= 0.3 is 12.1 Å². The number of aromatic nitrogens is 1. The van der Waals surface area contributed by atoms with Crippen molar-refractivity contribution in [2.24, 2.45) is 5.92 Å². The molecule has 2 aromatic rings. The summed E-state index contributed by atoms with van der Waals surface area (Å²) in [6.07, 6.45) is 1.83. The van der Waals surface area contributed by atoms with E-state index in [2.05, 4.69) is 21.7 Å². The summed E-state index contributed by atoms with van der Waals surface area (Å²) in [6, 6.07) is 7.21. The fraction of sp³-hybridized carbons (Fsp3) is 0.357. The van der Waals surface area contributed by atoms with E-state index in [0.717, 1.165) is 24.1 Å². The van der Waals surface area contributed by atoms with E-state index in [-0.39, 0.29) is 17.8 Å². The summed E-state index contributed by atoms with van der Waals surface area (Å²) in [4.78, 5) is 18.4. The van der Waals surface area contributed by atoms with Crippen molar-refractivity contribution in [1.29, 1.82) is 0 Å². The molecule has 4 rings (SSSR count). The van der Waals surface area contributed by atoms with Crippen molar-refractivity contribution in [1.82, 2.24) is 9.88 Å². The molecule has 0 bridgehead atoms. The minimum absolute atomic E-state index is 0.0769. The van der Waals surface area contributed by atoms with Gasteiger partial charge in [-0.15, -0.1) is 0 Å². The van der Waals surface area contributed by atoms with Gasteiger partial charge in [0.2, 0.25) is 5.88 Å². The smallest absolute Gasteiger partial charge is 0.421 e. The molecule has 0 amide bonds. The molecule has 2 unspecified atom stereocenters. The Morgan fingerprint density at radius 3 is 2.79 bits per heavy atom. The number of morpholine rings is 1. The number of thioether (sulfide) groups is 1. The number of rotatable bonds is 8. The van der Waals surface area contributed by atoms with Crippen LogP contribution in [0.25, 0.3) is 0 Å². The second-order valence-corrected chi connectivity index (χ2v) is 10.0. The average Bonchev–Trinajstić information content (AvgIpc) is 2.88. The largest absolute Gasteiger partial charge is 0.480 e. The maximum atomic E-state index is 13.5. The van der Waals surface area contributed by atoms with Gasteiger partial charge in [-0.25, -0.2) is 9.78 Å². The first-order chi connectivity index (χ1) is 18.7. The lowest BCUT2D eigenvalue weighted by Gasteiger charge is -2.24. The van der Waals surface area contributed by atoms with Gasteiger partial charge in [-0.3, -0.25) is 4.90 Å². The molecule has 206 valence electrons. The van der Waals surface area contributed by atoms with E-state index in [0.29, 0.717) is 30.2 Å². The third-order valence-electron chi connectivity index (χ3n) is 5.84. The number of alkyl halides is 3. The van der Waals surface area contributed by atoms with Crippen LogP contribution >= 0.6 is 11.8 Å². The number of aliphatic carboxylic acids is 1. The molecule has 1 aromatic carbocycles. The number of halogens is 3. The van der Waals surface area contributed by atoms with E-state index in [1.165, 1.54) is 24.0 Å². The van der Waals surface area contributed by atoms with Crippen molar-refractivity contribution < 1.29 is 37.3 Å². The van der Waals surface area contributed by atoms with Crippen LogP contribution in [0.5, 0.6) is 11.6 Å². The summed E-state index contributed by atoms with van der Waals surface area (Å²) in [6.45, 7) is 4.94. The molecule has 0 spiro atoms. The van der Waals surface area contributed by atoms with Gasteiger partial charge in [0.25, 0.3) is 0 Å². The van der Waals surface area contributed by atoms with Crippen LogP contribution < -0.4 is 4.74 Å². The molecule has 7 nitrogen and oxygen atoms in total. The number of carboxylic acid groups (broad SMARTS) is 1. The Kier molecular flexibility index (Phi) is 9.69. The first-order valence-electron chi connectivity index (χ1n) is 12.2. The van der Waals surface area contributed by atoms with E-state index in [1.54, 1.807) is 18.2 Å². The molecule has 2 heterocycles. The van der Waals surface area contributed by atoms with Crippen molar-refractivity contribution in [3.8, 4) is 23.5 Å². The maximum absolute atomic E-state index is 13.5. The third kappa shape index (κ3) is 8.60. The number of hydrogen-bond acceptors (Lipinski definition) is 7. The lowest BCUT2D eigenvalue weighted by Crippen LogP contribution is -2.36. The summed E-state index contributed by atoms with van der Waals surface area (Å²) in [7, 11) is 0. The Hall–Kier alpha value is -3.30. The summed E-state index contributed by atoms with van der Waals surface area (Å²) in [5.74, 6) is 4.75. The second-order valence-electron chi connectivity index (χ2n) is 8.90. The van der Waals surface area contributed by atoms with Crippen molar-refractivity contribution >= 4 is 17.7 Å². The van der Waals surface area contributed by atoms with Crippen LogP contribution in [0.15, 0.2) is 64.6 Å². The van der Waals surface area contributed by atoms with Crippen molar-refractivity contribution in [3.05, 3.63) is 70.8 Å². The highest BCUT2D eigenvalue weighted by Crippen LogP contribution is 2.39. The van der Waals surface area contributed by atoms with Gasteiger partial charge < -0.3 is 19.3 Å². The molecule has 11 heteroatoms. The van der Waals surface area contributed by atoms with E-state index in [4.69, 9.17) is 19.3 Å². The van der Waals surface area contributed by atoms with Gasteiger partial charge in [0.15, 0.2) is 0 Å². The van der Waals surface area contributed by atoms with Crippen LogP contribution in [-0.4, -0.2) is 66.5 Å². The molecule has 39 heavy (non-hydrogen) atoms. The number of hydrogen-bond donors (Lipinski definition) is 1. The molecule has 1 fully saturated rings. The van der Waals surface area contributed by atoms with Gasteiger partial charge in [-0.05, 0) is 36.4 Å². The Balaban J connectivity index is 1.57. The summed E-state index contributed by atoms with van der Waals surface area (Å²) in [5, 5.41) is 8.87. The minimum Gasteiger partial charge on any atom is -0.480 e. The highest BCUT2D eigenvalue weighted by molar-refractivity contribution is 8.03. The van der Waals surface area contributed by atoms with Gasteiger partial charge in [-0.2, -0.15) is 13.2 Å². The number of nitrogens with zero attached hydrogens (tertiary/aromatic N) is 2. The Morgan fingerprint density at radius 1 is 1.28 bits per heavy atom. The molecule has 2 atom stereocenters. The molecule has 1 saturated heterocycles. The fourth-order valence-corrected chi connectivity index (χ4v) is 4.99. The number of carboxylic acids is 1. The third-order valence-corrected chi connectivity index (χ3v) is 6.82. The van der Waals surface area contributed by atoms with Crippen LogP contribution in [0.1, 0.15) is 18.1 Å². The molecule has 1 aliphatic heterocycles. The summed E-state index contributed by atoms with van der Waals surface area (Å²) in [5.41, 5.74) is -0.383. The van der Waals surface area contributed by atoms with Gasteiger partial charge in [-0.1, -0.05) is 42.7 Å². The van der Waals surface area contributed by atoms with Crippen LogP contribution in [-0.2, 0) is 20.4 Å². The number of benzene rings is 1. The topological polar surface area (TPSA) is 81.1 Å². The van der Waals surface area contributed by atoms with Crippen molar-refractivity contribution in [2.45, 2.75) is 24.1 Å². The standard InChI is InChI=1S/C28H27F3N2O5S/c1-19-14-22(6-7-25(19)37-18-26(34)35)39-23-16-20(4-3-9-33-10-12-36-13-11-33)15-21(17-23)38-27-24(28(29,30)31)5-2-8-32-27/h2,5-8,14-17,19,25H,9-13,18H2,1H3,(H,34,35). The SMILES string of the molecule is CC1C=C(Sc2cc(C#CCN3CCOCC3)cc(Oc3ncccc3C(F)(F)F)c2)C=CC1OCC(=O)O. The molecule has 2 aliphatic rings. The number of allylic oxidation sites excluding steroid dienone is 1. The summed E-state index contributed by atoms with van der Waals surface area (Å²) >= 11 is 1.39. The molecule has 0 saturated carbocycles. The second kappa shape index (κ2) is 13.2. The molecule has 1 aliphatic carbocycles. The average molecular weight is 561 g/mol. The Bertz CT molecular complexity index is 1300. The highest BCUT2D eigenvalue weighted by atomic mass is 32.2. The Morgan fingerprint density at radius 2 is 2.08 bits per heavy atom. The van der Waals surface area contributed by atoms with E-state index >= 15 is 0 Å². The zero-order valence-electron chi connectivity index (χ0n) is 21.1. The van der Waals surface area contributed by atoms with Gasteiger partial charge in [0.1, 0.15) is 17.9 Å². The van der Waals surface area contributed by atoms with Crippen LogP contribution in [0.4, 0.5) is 13.2 Å².